The summed E-state index contributed by atoms with van der Waals surface area (Å²) in [5.41, 5.74) is 1.31. The van der Waals surface area contributed by atoms with Crippen LogP contribution in [0.25, 0.3) is 0 Å². The topological polar surface area (TPSA) is 35.5 Å². The third-order valence-corrected chi connectivity index (χ3v) is 4.64. The molecule has 0 radical (unpaired) electrons. The highest BCUT2D eigenvalue weighted by molar-refractivity contribution is 5.87. The summed E-state index contributed by atoms with van der Waals surface area (Å²) in [6.07, 6.45) is 18.5. The van der Waals surface area contributed by atoms with Crippen LogP contribution in [-0.2, 0) is 14.3 Å². The van der Waals surface area contributed by atoms with Gasteiger partial charge in [-0.25, -0.2) is 4.79 Å². The Bertz CT molecular complexity index is 387. The molecule has 0 aromatic carbocycles. The number of carbonyl (C=O) groups excluding carboxylic acids is 1. The highest BCUT2D eigenvalue weighted by Crippen LogP contribution is 2.13. The van der Waals surface area contributed by atoms with Gasteiger partial charge in [-0.2, -0.15) is 0 Å². The van der Waals surface area contributed by atoms with E-state index in [1.807, 2.05) is 6.92 Å². The third kappa shape index (κ3) is 19.5. The van der Waals surface area contributed by atoms with Crippen LogP contribution in [-0.4, -0.2) is 25.8 Å². The van der Waals surface area contributed by atoms with Gasteiger partial charge in [0.05, 0.1) is 25.4 Å². The molecule has 27 heavy (non-hydrogen) atoms. The van der Waals surface area contributed by atoms with Crippen LogP contribution in [0.5, 0.6) is 0 Å². The lowest BCUT2D eigenvalue weighted by Gasteiger charge is -2.08. The van der Waals surface area contributed by atoms with Crippen LogP contribution in [0.15, 0.2) is 24.3 Å². The Labute approximate surface area is 168 Å². The maximum absolute atomic E-state index is 11.7. The van der Waals surface area contributed by atoms with E-state index in [1.165, 1.54) is 77.0 Å². The van der Waals surface area contributed by atoms with E-state index in [0.29, 0.717) is 18.8 Å². The Hall–Kier alpha value is -1.09. The zero-order chi connectivity index (χ0) is 20.2. The molecule has 3 nitrogen and oxygen atoms in total. The van der Waals surface area contributed by atoms with E-state index in [1.54, 1.807) is 0 Å². The fourth-order valence-corrected chi connectivity index (χ4v) is 2.97. The van der Waals surface area contributed by atoms with Gasteiger partial charge in [0.1, 0.15) is 0 Å². The van der Waals surface area contributed by atoms with Crippen LogP contribution in [0.4, 0.5) is 0 Å². The Morgan fingerprint density at radius 1 is 0.704 bits per heavy atom. The molecule has 0 heterocycles. The average molecular weight is 381 g/mol. The molecule has 0 N–H and O–H groups in total. The fourth-order valence-electron chi connectivity index (χ4n) is 2.97. The largest absolute Gasteiger partial charge is 0.462 e. The first-order chi connectivity index (χ1) is 13.1. The van der Waals surface area contributed by atoms with E-state index in [2.05, 4.69) is 20.1 Å². The number of rotatable bonds is 20. The molecule has 0 aromatic rings. The summed E-state index contributed by atoms with van der Waals surface area (Å²) in [7, 11) is 0. The molecule has 0 fully saturated rings. The molecule has 3 heteroatoms. The smallest absolute Gasteiger partial charge is 0.335 e. The summed E-state index contributed by atoms with van der Waals surface area (Å²) in [5.74, 6) is -0.341. The molecular weight excluding hydrogens is 336 g/mol. The fraction of sp³-hybridized carbons (Fsp3) is 0.792. The van der Waals surface area contributed by atoms with E-state index in [9.17, 15) is 4.79 Å². The molecule has 158 valence electrons. The predicted octanol–water partition coefficient (Wildman–Crippen LogP) is 7.16. The minimum atomic E-state index is -0.341. The van der Waals surface area contributed by atoms with Crippen LogP contribution < -0.4 is 0 Å². The third-order valence-electron chi connectivity index (χ3n) is 4.64. The number of hydrogen-bond acceptors (Lipinski definition) is 3. The second-order valence-electron chi connectivity index (χ2n) is 7.79. The van der Waals surface area contributed by atoms with E-state index in [0.717, 1.165) is 18.4 Å². The zero-order valence-electron chi connectivity index (χ0n) is 18.2. The molecule has 0 rings (SSSR count). The van der Waals surface area contributed by atoms with Crippen molar-refractivity contribution in [2.45, 2.75) is 104 Å². The normalized spacial score (nSPS) is 10.7. The summed E-state index contributed by atoms with van der Waals surface area (Å²) < 4.78 is 10.5. The number of hydrogen-bond donors (Lipinski definition) is 0. The lowest BCUT2D eigenvalue weighted by Crippen LogP contribution is -2.13. The number of carbonyl (C=O) groups is 1. The highest BCUT2D eigenvalue weighted by atomic mass is 16.5. The maximum Gasteiger partial charge on any atom is 0.335 e. The summed E-state index contributed by atoms with van der Waals surface area (Å²) in [6, 6.07) is 0. The number of esters is 1. The predicted molar refractivity (Wildman–Crippen MR) is 116 cm³/mol. The van der Waals surface area contributed by atoms with Crippen molar-refractivity contribution < 1.29 is 14.3 Å². The molecule has 0 saturated heterocycles. The summed E-state index contributed by atoms with van der Waals surface area (Å²) in [6.45, 7) is 12.8. The molecular formula is C24H44O3. The van der Waals surface area contributed by atoms with E-state index in [-0.39, 0.29) is 12.6 Å². The molecule has 0 aliphatic rings. The molecule has 0 bridgehead atoms. The van der Waals surface area contributed by atoms with Gasteiger partial charge in [-0.1, -0.05) is 109 Å². The zero-order valence-corrected chi connectivity index (χ0v) is 18.2. The first-order valence-corrected chi connectivity index (χ1v) is 11.1. The maximum atomic E-state index is 11.7. The molecule has 0 atom stereocenters. The van der Waals surface area contributed by atoms with Crippen LogP contribution in [0, 0.1) is 0 Å². The molecule has 0 unspecified atom stereocenters. The summed E-state index contributed by atoms with van der Waals surface area (Å²) in [4.78, 5) is 11.7. The van der Waals surface area contributed by atoms with Crippen molar-refractivity contribution in [2.24, 2.45) is 0 Å². The monoisotopic (exact) mass is 380 g/mol. The van der Waals surface area contributed by atoms with Crippen molar-refractivity contribution in [3.05, 3.63) is 24.3 Å². The van der Waals surface area contributed by atoms with Gasteiger partial charge in [-0.05, 0) is 13.3 Å². The SMILES string of the molecule is C=C(C)COCC(=C)C(=O)OCCCCCCCCCCCCCCCC. The second-order valence-corrected chi connectivity index (χ2v) is 7.79. The molecule has 0 aliphatic heterocycles. The average Bonchev–Trinajstić information content (AvgIpc) is 2.64. The number of unbranched alkanes of at least 4 members (excludes halogenated alkanes) is 13. The van der Waals surface area contributed by atoms with Gasteiger partial charge < -0.3 is 9.47 Å². The second kappa shape index (κ2) is 19.7. The van der Waals surface area contributed by atoms with Gasteiger partial charge in [0.15, 0.2) is 0 Å². The van der Waals surface area contributed by atoms with Crippen molar-refractivity contribution >= 4 is 5.97 Å². The minimum absolute atomic E-state index is 0.213. The van der Waals surface area contributed by atoms with Gasteiger partial charge in [-0.3, -0.25) is 0 Å². The van der Waals surface area contributed by atoms with Crippen LogP contribution in [0.2, 0.25) is 0 Å². The highest BCUT2D eigenvalue weighted by Gasteiger charge is 2.08. The first-order valence-electron chi connectivity index (χ1n) is 11.1. The molecule has 0 amide bonds. The van der Waals surface area contributed by atoms with Gasteiger partial charge in [0, 0.05) is 0 Å². The standard InChI is InChI=1S/C24H44O3/c1-5-6-7-8-9-10-11-12-13-14-15-16-17-18-19-27-24(25)23(4)21-26-20-22(2)3/h2,4-21H2,1,3H3. The van der Waals surface area contributed by atoms with E-state index >= 15 is 0 Å². The van der Waals surface area contributed by atoms with Gasteiger partial charge in [0.2, 0.25) is 0 Å². The van der Waals surface area contributed by atoms with Gasteiger partial charge in [-0.15, -0.1) is 0 Å². The van der Waals surface area contributed by atoms with Gasteiger partial charge >= 0.3 is 5.97 Å². The van der Waals surface area contributed by atoms with Crippen molar-refractivity contribution in [1.82, 2.24) is 0 Å². The van der Waals surface area contributed by atoms with Crippen LogP contribution in [0.3, 0.4) is 0 Å². The van der Waals surface area contributed by atoms with E-state index in [4.69, 9.17) is 9.47 Å². The molecule has 0 spiro atoms. The van der Waals surface area contributed by atoms with Crippen molar-refractivity contribution in [3.63, 3.8) is 0 Å². The lowest BCUT2D eigenvalue weighted by molar-refractivity contribution is -0.139. The Morgan fingerprint density at radius 2 is 1.15 bits per heavy atom. The first kappa shape index (κ1) is 25.9. The summed E-state index contributed by atoms with van der Waals surface area (Å²) in [5, 5.41) is 0. The Balaban J connectivity index is 3.27. The van der Waals surface area contributed by atoms with Crippen molar-refractivity contribution in [1.29, 1.82) is 0 Å². The lowest BCUT2D eigenvalue weighted by atomic mass is 10.0. The van der Waals surface area contributed by atoms with Crippen LogP contribution in [0.1, 0.15) is 104 Å². The van der Waals surface area contributed by atoms with Crippen LogP contribution >= 0.6 is 0 Å². The minimum Gasteiger partial charge on any atom is -0.462 e. The van der Waals surface area contributed by atoms with Crippen molar-refractivity contribution in [3.8, 4) is 0 Å². The van der Waals surface area contributed by atoms with Crippen molar-refractivity contribution in [2.75, 3.05) is 19.8 Å². The molecule has 0 saturated carbocycles. The van der Waals surface area contributed by atoms with E-state index < -0.39 is 0 Å². The number of ether oxygens (including phenoxy) is 2. The molecule has 0 aliphatic carbocycles. The summed E-state index contributed by atoms with van der Waals surface area (Å²) >= 11 is 0. The molecule has 0 aromatic heterocycles. The Morgan fingerprint density at radius 3 is 1.59 bits per heavy atom. The van der Waals surface area contributed by atoms with Gasteiger partial charge in [0.25, 0.3) is 0 Å². The quantitative estimate of drug-likeness (QED) is 0.0972. The Kier molecular flexibility index (Phi) is 18.9.